The van der Waals surface area contributed by atoms with Crippen LogP contribution < -0.4 is 10.6 Å². The van der Waals surface area contributed by atoms with Crippen LogP contribution in [0.3, 0.4) is 0 Å². The van der Waals surface area contributed by atoms with Crippen LogP contribution in [0.2, 0.25) is 0 Å². The van der Waals surface area contributed by atoms with Gasteiger partial charge < -0.3 is 15.7 Å². The molecule has 0 spiro atoms. The zero-order chi connectivity index (χ0) is 13.8. The number of amides is 1. The molecule has 1 amide bonds. The number of phenols is 1. The Labute approximate surface area is 114 Å². The van der Waals surface area contributed by atoms with E-state index in [1.54, 1.807) is 12.1 Å². The molecule has 4 heteroatoms. The maximum atomic E-state index is 11.8. The third kappa shape index (κ3) is 4.56. The van der Waals surface area contributed by atoms with E-state index in [9.17, 15) is 9.90 Å². The third-order valence-electron chi connectivity index (χ3n) is 3.33. The zero-order valence-corrected chi connectivity index (χ0v) is 11.5. The summed E-state index contributed by atoms with van der Waals surface area (Å²) in [7, 11) is 0. The average molecular weight is 262 g/mol. The number of phenolic OH excluding ortho intramolecular Hbond substituents is 1. The minimum Gasteiger partial charge on any atom is -0.508 e. The topological polar surface area (TPSA) is 61.4 Å². The molecule has 4 nitrogen and oxygen atoms in total. The molecule has 0 radical (unpaired) electrons. The molecule has 2 rings (SSSR count). The van der Waals surface area contributed by atoms with E-state index >= 15 is 0 Å². The quantitative estimate of drug-likeness (QED) is 0.729. The Bertz CT molecular complexity index is 426. The molecule has 0 aliphatic heterocycles. The molecule has 1 aliphatic carbocycles. The summed E-state index contributed by atoms with van der Waals surface area (Å²) in [5, 5.41) is 15.5. The Kier molecular flexibility index (Phi) is 4.43. The average Bonchev–Trinajstić information content (AvgIpc) is 3.16. The highest BCUT2D eigenvalue weighted by Crippen LogP contribution is 2.18. The molecule has 1 aromatic rings. The second-order valence-electron chi connectivity index (χ2n) is 5.44. The van der Waals surface area contributed by atoms with Crippen LogP contribution >= 0.6 is 0 Å². The number of carbonyl (C=O) groups excluding carboxylic acids is 1. The van der Waals surface area contributed by atoms with Crippen molar-refractivity contribution in [1.82, 2.24) is 10.6 Å². The van der Waals surface area contributed by atoms with Gasteiger partial charge in [0.25, 0.3) is 0 Å². The van der Waals surface area contributed by atoms with E-state index in [2.05, 4.69) is 17.6 Å². The molecular formula is C15H22N2O2. The van der Waals surface area contributed by atoms with Crippen molar-refractivity contribution in [3.05, 3.63) is 29.8 Å². The molecule has 3 N–H and O–H groups in total. The van der Waals surface area contributed by atoms with Gasteiger partial charge in [-0.3, -0.25) is 4.79 Å². The summed E-state index contributed by atoms with van der Waals surface area (Å²) in [4.78, 5) is 11.8. The maximum Gasteiger partial charge on any atom is 0.237 e. The smallest absolute Gasteiger partial charge is 0.237 e. The Balaban J connectivity index is 1.77. The van der Waals surface area contributed by atoms with E-state index in [0.29, 0.717) is 6.04 Å². The van der Waals surface area contributed by atoms with E-state index < -0.39 is 0 Å². The van der Waals surface area contributed by atoms with E-state index in [1.807, 2.05) is 19.1 Å². The Morgan fingerprint density at radius 1 is 1.32 bits per heavy atom. The van der Waals surface area contributed by atoms with E-state index in [0.717, 1.165) is 24.8 Å². The van der Waals surface area contributed by atoms with Crippen LogP contribution in [0, 0.1) is 0 Å². The van der Waals surface area contributed by atoms with Gasteiger partial charge in [-0.25, -0.2) is 0 Å². The molecule has 1 saturated carbocycles. The van der Waals surface area contributed by atoms with Crippen molar-refractivity contribution in [2.75, 3.05) is 0 Å². The van der Waals surface area contributed by atoms with Crippen LogP contribution in [0.4, 0.5) is 0 Å². The summed E-state index contributed by atoms with van der Waals surface area (Å²) >= 11 is 0. The summed E-state index contributed by atoms with van der Waals surface area (Å²) in [6.45, 7) is 3.96. The van der Waals surface area contributed by atoms with Crippen molar-refractivity contribution in [3.8, 4) is 5.75 Å². The van der Waals surface area contributed by atoms with Gasteiger partial charge in [0.2, 0.25) is 5.91 Å². The monoisotopic (exact) mass is 262 g/mol. The molecule has 0 heterocycles. The maximum absolute atomic E-state index is 11.8. The Hall–Kier alpha value is -1.55. The molecule has 104 valence electrons. The number of hydrogen-bond donors (Lipinski definition) is 3. The van der Waals surface area contributed by atoms with E-state index in [4.69, 9.17) is 0 Å². The van der Waals surface area contributed by atoms with Crippen LogP contribution in [0.1, 0.15) is 32.3 Å². The minimum absolute atomic E-state index is 0.0834. The van der Waals surface area contributed by atoms with Crippen molar-refractivity contribution < 1.29 is 9.90 Å². The summed E-state index contributed by atoms with van der Waals surface area (Å²) in [5.74, 6) is 0.363. The van der Waals surface area contributed by atoms with Gasteiger partial charge in [0.05, 0.1) is 6.04 Å². The fourth-order valence-electron chi connectivity index (χ4n) is 2.10. The number of carbonyl (C=O) groups is 1. The van der Waals surface area contributed by atoms with Gasteiger partial charge in [-0.05, 0) is 50.8 Å². The van der Waals surface area contributed by atoms with Crippen LogP contribution in [-0.4, -0.2) is 29.1 Å². The number of hydrogen-bond acceptors (Lipinski definition) is 3. The molecule has 1 aliphatic rings. The van der Waals surface area contributed by atoms with Gasteiger partial charge in [0.15, 0.2) is 0 Å². The van der Waals surface area contributed by atoms with E-state index in [-0.39, 0.29) is 23.7 Å². The van der Waals surface area contributed by atoms with Crippen LogP contribution in [0.5, 0.6) is 5.75 Å². The molecule has 1 aromatic carbocycles. The molecule has 2 atom stereocenters. The lowest BCUT2D eigenvalue weighted by atomic mass is 10.1. The van der Waals surface area contributed by atoms with Crippen molar-refractivity contribution in [3.63, 3.8) is 0 Å². The zero-order valence-electron chi connectivity index (χ0n) is 11.5. The van der Waals surface area contributed by atoms with Gasteiger partial charge in [0, 0.05) is 12.1 Å². The predicted molar refractivity (Wildman–Crippen MR) is 75.0 cm³/mol. The van der Waals surface area contributed by atoms with Crippen LogP contribution in [0.15, 0.2) is 24.3 Å². The van der Waals surface area contributed by atoms with Gasteiger partial charge in [-0.15, -0.1) is 0 Å². The summed E-state index contributed by atoms with van der Waals surface area (Å²) in [6, 6.07) is 7.63. The molecule has 1 fully saturated rings. The van der Waals surface area contributed by atoms with Crippen molar-refractivity contribution >= 4 is 5.91 Å². The number of aromatic hydroxyl groups is 1. The van der Waals surface area contributed by atoms with Crippen LogP contribution in [-0.2, 0) is 11.2 Å². The largest absolute Gasteiger partial charge is 0.508 e. The second-order valence-corrected chi connectivity index (χ2v) is 5.44. The number of nitrogens with one attached hydrogen (secondary N) is 2. The summed E-state index contributed by atoms with van der Waals surface area (Å²) in [5.41, 5.74) is 1.15. The van der Waals surface area contributed by atoms with Crippen molar-refractivity contribution in [1.29, 1.82) is 0 Å². The summed E-state index contributed by atoms with van der Waals surface area (Å²) in [6.07, 6.45) is 3.06. The SMILES string of the molecule is CC(Cc1ccc(O)cc1)NC(C)C(=O)NC1CC1. The fourth-order valence-corrected chi connectivity index (χ4v) is 2.10. The lowest BCUT2D eigenvalue weighted by Gasteiger charge is -2.19. The Morgan fingerprint density at radius 2 is 1.95 bits per heavy atom. The molecule has 0 bridgehead atoms. The summed E-state index contributed by atoms with van der Waals surface area (Å²) < 4.78 is 0. The van der Waals surface area contributed by atoms with Gasteiger partial charge in [0.1, 0.15) is 5.75 Å². The molecule has 0 aromatic heterocycles. The highest BCUT2D eigenvalue weighted by atomic mass is 16.3. The number of rotatable bonds is 6. The van der Waals surface area contributed by atoms with Gasteiger partial charge >= 0.3 is 0 Å². The lowest BCUT2D eigenvalue weighted by molar-refractivity contribution is -0.123. The standard InChI is InChI=1S/C15H22N2O2/c1-10(9-12-3-7-14(18)8-4-12)16-11(2)15(19)17-13-5-6-13/h3-4,7-8,10-11,13,16,18H,5-6,9H2,1-2H3,(H,17,19). The first-order chi connectivity index (χ1) is 9.04. The first-order valence-corrected chi connectivity index (χ1v) is 6.89. The fraction of sp³-hybridized carbons (Fsp3) is 0.533. The normalized spacial score (nSPS) is 17.8. The first kappa shape index (κ1) is 13.9. The highest BCUT2D eigenvalue weighted by Gasteiger charge is 2.25. The van der Waals surface area contributed by atoms with Gasteiger partial charge in [-0.1, -0.05) is 12.1 Å². The third-order valence-corrected chi connectivity index (χ3v) is 3.33. The highest BCUT2D eigenvalue weighted by molar-refractivity contribution is 5.81. The molecule has 19 heavy (non-hydrogen) atoms. The lowest BCUT2D eigenvalue weighted by Crippen LogP contribution is -2.46. The molecule has 2 unspecified atom stereocenters. The van der Waals surface area contributed by atoms with Crippen LogP contribution in [0.25, 0.3) is 0 Å². The predicted octanol–water partition coefficient (Wildman–Crippen LogP) is 1.58. The van der Waals surface area contributed by atoms with Crippen molar-refractivity contribution in [2.45, 2.75) is 51.2 Å². The molecule has 0 saturated heterocycles. The van der Waals surface area contributed by atoms with Crippen molar-refractivity contribution in [2.24, 2.45) is 0 Å². The van der Waals surface area contributed by atoms with Gasteiger partial charge in [-0.2, -0.15) is 0 Å². The molecular weight excluding hydrogens is 240 g/mol. The van der Waals surface area contributed by atoms with E-state index in [1.165, 1.54) is 0 Å². The first-order valence-electron chi connectivity index (χ1n) is 6.89. The minimum atomic E-state index is -0.173. The Morgan fingerprint density at radius 3 is 2.53 bits per heavy atom. The number of benzene rings is 1. The second kappa shape index (κ2) is 6.06.